The molecule has 2 saturated heterocycles. The molecule has 1 saturated carbocycles. The zero-order valence-corrected chi connectivity index (χ0v) is 12.2. The van der Waals surface area contributed by atoms with Crippen molar-refractivity contribution in [2.45, 2.75) is 76.9 Å². The average molecular weight is 250 g/mol. The first kappa shape index (κ1) is 12.9. The molecule has 2 heteroatoms. The van der Waals surface area contributed by atoms with Gasteiger partial charge in [-0.3, -0.25) is 0 Å². The molecule has 0 aromatic rings. The van der Waals surface area contributed by atoms with Crippen LogP contribution in [0.25, 0.3) is 0 Å². The van der Waals surface area contributed by atoms with Gasteiger partial charge < -0.3 is 10.2 Å². The lowest BCUT2D eigenvalue weighted by molar-refractivity contribution is 0.144. The number of nitrogens with zero attached hydrogens (tertiary/aromatic N) is 1. The Bertz CT molecular complexity index is 268. The number of rotatable bonds is 2. The zero-order valence-electron chi connectivity index (χ0n) is 12.2. The largest absolute Gasteiger partial charge is 0.311 e. The van der Waals surface area contributed by atoms with E-state index in [0.29, 0.717) is 0 Å². The summed E-state index contributed by atoms with van der Waals surface area (Å²) in [4.78, 5) is 2.73. The van der Waals surface area contributed by atoms with Crippen molar-refractivity contribution in [1.82, 2.24) is 10.2 Å². The van der Waals surface area contributed by atoms with Crippen LogP contribution in [0.15, 0.2) is 0 Å². The molecular weight excluding hydrogens is 220 g/mol. The SMILES string of the molecule is CC1CC(C)CC(NC2CCN3CCCC3C2)C1. The summed E-state index contributed by atoms with van der Waals surface area (Å²) in [5.74, 6) is 1.86. The Labute approximate surface area is 113 Å². The number of hydrogen-bond acceptors (Lipinski definition) is 2. The lowest BCUT2D eigenvalue weighted by Crippen LogP contribution is -2.50. The molecule has 3 rings (SSSR count). The van der Waals surface area contributed by atoms with Crippen LogP contribution in [-0.4, -0.2) is 36.1 Å². The van der Waals surface area contributed by atoms with E-state index in [2.05, 4.69) is 24.1 Å². The second-order valence-corrected chi connectivity index (χ2v) is 7.33. The van der Waals surface area contributed by atoms with Crippen molar-refractivity contribution in [3.8, 4) is 0 Å². The van der Waals surface area contributed by atoms with Gasteiger partial charge in [-0.25, -0.2) is 0 Å². The van der Waals surface area contributed by atoms with Crippen LogP contribution in [0.2, 0.25) is 0 Å². The van der Waals surface area contributed by atoms with Gasteiger partial charge in [0.2, 0.25) is 0 Å². The van der Waals surface area contributed by atoms with Crippen molar-refractivity contribution in [1.29, 1.82) is 0 Å². The first-order chi connectivity index (χ1) is 8.70. The predicted molar refractivity (Wildman–Crippen MR) is 76.7 cm³/mol. The summed E-state index contributed by atoms with van der Waals surface area (Å²) in [6.45, 7) is 7.59. The molecule has 2 nitrogen and oxygen atoms in total. The Morgan fingerprint density at radius 2 is 1.61 bits per heavy atom. The summed E-state index contributed by atoms with van der Waals surface area (Å²) < 4.78 is 0. The molecule has 0 bridgehead atoms. The van der Waals surface area contributed by atoms with Gasteiger partial charge >= 0.3 is 0 Å². The summed E-state index contributed by atoms with van der Waals surface area (Å²) in [7, 11) is 0. The lowest BCUT2D eigenvalue weighted by Gasteiger charge is -2.39. The highest BCUT2D eigenvalue weighted by atomic mass is 15.2. The van der Waals surface area contributed by atoms with Crippen LogP contribution in [0.5, 0.6) is 0 Å². The van der Waals surface area contributed by atoms with Gasteiger partial charge in [0.15, 0.2) is 0 Å². The maximum atomic E-state index is 4.00. The maximum absolute atomic E-state index is 4.00. The van der Waals surface area contributed by atoms with E-state index in [9.17, 15) is 0 Å². The number of fused-ring (bicyclic) bond motifs is 1. The quantitative estimate of drug-likeness (QED) is 0.810. The highest BCUT2D eigenvalue weighted by molar-refractivity contribution is 4.91. The topological polar surface area (TPSA) is 15.3 Å². The maximum Gasteiger partial charge on any atom is 0.0111 e. The Kier molecular flexibility index (Phi) is 3.95. The van der Waals surface area contributed by atoms with Crippen molar-refractivity contribution in [2.24, 2.45) is 11.8 Å². The van der Waals surface area contributed by atoms with Gasteiger partial charge in [0, 0.05) is 18.1 Å². The fourth-order valence-corrected chi connectivity index (χ4v) is 4.79. The standard InChI is InChI=1S/C16H30N2/c1-12-8-13(2)10-15(9-12)17-14-5-7-18-6-3-4-16(18)11-14/h12-17H,3-11H2,1-2H3. The summed E-state index contributed by atoms with van der Waals surface area (Å²) in [5, 5.41) is 4.00. The van der Waals surface area contributed by atoms with Crippen molar-refractivity contribution in [3.05, 3.63) is 0 Å². The third kappa shape index (κ3) is 2.91. The third-order valence-corrected chi connectivity index (χ3v) is 5.47. The molecule has 3 aliphatic rings. The first-order valence-electron chi connectivity index (χ1n) is 8.21. The van der Waals surface area contributed by atoms with Crippen molar-refractivity contribution in [2.75, 3.05) is 13.1 Å². The Balaban J connectivity index is 1.50. The number of hydrogen-bond donors (Lipinski definition) is 1. The number of piperidine rings is 1. The molecular formula is C16H30N2. The van der Waals surface area contributed by atoms with Gasteiger partial charge in [-0.05, 0) is 69.9 Å². The summed E-state index contributed by atoms with van der Waals surface area (Å²) in [5.41, 5.74) is 0. The van der Waals surface area contributed by atoms with Crippen molar-refractivity contribution >= 4 is 0 Å². The number of nitrogens with one attached hydrogen (secondary N) is 1. The molecule has 3 fully saturated rings. The molecule has 0 aromatic carbocycles. The summed E-state index contributed by atoms with van der Waals surface area (Å²) in [6, 6.07) is 2.53. The van der Waals surface area contributed by atoms with Crippen molar-refractivity contribution < 1.29 is 0 Å². The molecule has 0 aromatic heterocycles. The molecule has 2 heterocycles. The Hall–Kier alpha value is -0.0800. The molecule has 0 amide bonds. The van der Waals surface area contributed by atoms with E-state index in [4.69, 9.17) is 0 Å². The monoisotopic (exact) mass is 250 g/mol. The van der Waals surface area contributed by atoms with E-state index < -0.39 is 0 Å². The van der Waals surface area contributed by atoms with Gasteiger partial charge in [-0.1, -0.05) is 13.8 Å². The van der Waals surface area contributed by atoms with E-state index in [1.807, 2.05) is 0 Å². The highest BCUT2D eigenvalue weighted by Gasteiger charge is 2.33. The van der Waals surface area contributed by atoms with Crippen LogP contribution >= 0.6 is 0 Å². The smallest absolute Gasteiger partial charge is 0.0111 e. The first-order valence-corrected chi connectivity index (χ1v) is 8.21. The van der Waals surface area contributed by atoms with Crippen LogP contribution in [0, 0.1) is 11.8 Å². The summed E-state index contributed by atoms with van der Waals surface area (Å²) in [6.07, 6.45) is 9.96. The normalized spacial score (nSPS) is 46.0. The predicted octanol–water partition coefficient (Wildman–Crippen LogP) is 3.03. The van der Waals surface area contributed by atoms with Gasteiger partial charge in [0.25, 0.3) is 0 Å². The molecule has 18 heavy (non-hydrogen) atoms. The molecule has 4 unspecified atom stereocenters. The van der Waals surface area contributed by atoms with Gasteiger partial charge in [-0.2, -0.15) is 0 Å². The van der Waals surface area contributed by atoms with E-state index in [1.165, 1.54) is 58.0 Å². The fraction of sp³-hybridized carbons (Fsp3) is 1.00. The highest BCUT2D eigenvalue weighted by Crippen LogP contribution is 2.31. The van der Waals surface area contributed by atoms with Crippen molar-refractivity contribution in [3.63, 3.8) is 0 Å². The molecule has 2 aliphatic heterocycles. The van der Waals surface area contributed by atoms with E-state index in [1.54, 1.807) is 0 Å². The Morgan fingerprint density at radius 3 is 2.39 bits per heavy atom. The second kappa shape index (κ2) is 5.50. The fourth-order valence-electron chi connectivity index (χ4n) is 4.79. The molecule has 1 N–H and O–H groups in total. The minimum Gasteiger partial charge on any atom is -0.311 e. The van der Waals surface area contributed by atoms with Crippen LogP contribution < -0.4 is 5.32 Å². The Morgan fingerprint density at radius 1 is 0.833 bits per heavy atom. The molecule has 0 spiro atoms. The van der Waals surface area contributed by atoms with E-state index in [-0.39, 0.29) is 0 Å². The zero-order chi connectivity index (χ0) is 12.5. The van der Waals surface area contributed by atoms with Gasteiger partial charge in [0.1, 0.15) is 0 Å². The van der Waals surface area contributed by atoms with E-state index >= 15 is 0 Å². The molecule has 4 atom stereocenters. The molecule has 104 valence electrons. The molecule has 0 radical (unpaired) electrons. The van der Waals surface area contributed by atoms with Gasteiger partial charge in [-0.15, -0.1) is 0 Å². The van der Waals surface area contributed by atoms with Crippen LogP contribution in [0.1, 0.15) is 58.8 Å². The third-order valence-electron chi connectivity index (χ3n) is 5.47. The average Bonchev–Trinajstić information content (AvgIpc) is 2.74. The minimum absolute atomic E-state index is 0.807. The van der Waals surface area contributed by atoms with Crippen LogP contribution in [0.3, 0.4) is 0 Å². The minimum atomic E-state index is 0.807. The summed E-state index contributed by atoms with van der Waals surface area (Å²) >= 11 is 0. The van der Waals surface area contributed by atoms with Crippen LogP contribution in [0.4, 0.5) is 0 Å². The van der Waals surface area contributed by atoms with Gasteiger partial charge in [0.05, 0.1) is 0 Å². The van der Waals surface area contributed by atoms with E-state index in [0.717, 1.165) is 30.0 Å². The van der Waals surface area contributed by atoms with Crippen LogP contribution in [-0.2, 0) is 0 Å². The molecule has 1 aliphatic carbocycles. The lowest BCUT2D eigenvalue weighted by atomic mass is 9.80. The second-order valence-electron chi connectivity index (χ2n) is 7.33.